The standard InChI is InChI=1S/C20H24N6O4/c27-17(9-13-25-19(29)15-7-2-1-6-14(15)18(28)23-25)21-10-5-12-26-20(30)24-11-4-3-8-16(24)22-26/h1-2,6-7H,3-5,8-13H2,(H,21,27)(H,23,28). The van der Waals surface area contributed by atoms with Crippen LogP contribution in [0.1, 0.15) is 31.5 Å². The van der Waals surface area contributed by atoms with E-state index in [1.54, 1.807) is 28.8 Å². The zero-order valence-corrected chi connectivity index (χ0v) is 16.6. The lowest BCUT2D eigenvalue weighted by Gasteiger charge is -2.09. The number of amides is 1. The number of aromatic amines is 1. The van der Waals surface area contributed by atoms with Gasteiger partial charge < -0.3 is 5.32 Å². The van der Waals surface area contributed by atoms with Gasteiger partial charge in [-0.2, -0.15) is 5.10 Å². The van der Waals surface area contributed by atoms with E-state index in [2.05, 4.69) is 15.5 Å². The molecule has 0 spiro atoms. The monoisotopic (exact) mass is 412 g/mol. The van der Waals surface area contributed by atoms with Crippen LogP contribution in [0.3, 0.4) is 0 Å². The quantitative estimate of drug-likeness (QED) is 0.528. The predicted molar refractivity (Wildman–Crippen MR) is 110 cm³/mol. The number of aryl methyl sites for hydroxylation is 3. The molecule has 0 bridgehead atoms. The van der Waals surface area contributed by atoms with Gasteiger partial charge >= 0.3 is 5.69 Å². The van der Waals surface area contributed by atoms with Crippen LogP contribution in [0.5, 0.6) is 0 Å². The summed E-state index contributed by atoms with van der Waals surface area (Å²) < 4.78 is 4.36. The lowest BCUT2D eigenvalue weighted by Crippen LogP contribution is -2.33. The number of hydrogen-bond donors (Lipinski definition) is 2. The molecule has 1 amide bonds. The van der Waals surface area contributed by atoms with E-state index >= 15 is 0 Å². The number of carbonyl (C=O) groups is 1. The number of carbonyl (C=O) groups excluding carboxylic acids is 1. The van der Waals surface area contributed by atoms with Gasteiger partial charge in [0.15, 0.2) is 0 Å². The van der Waals surface area contributed by atoms with E-state index in [9.17, 15) is 19.2 Å². The molecule has 158 valence electrons. The second kappa shape index (κ2) is 8.52. The molecule has 30 heavy (non-hydrogen) atoms. The normalized spacial score (nSPS) is 13.3. The Hall–Kier alpha value is -3.43. The summed E-state index contributed by atoms with van der Waals surface area (Å²) in [6.45, 7) is 1.65. The first kappa shape index (κ1) is 19.9. The van der Waals surface area contributed by atoms with Gasteiger partial charge in [0.25, 0.3) is 11.1 Å². The minimum Gasteiger partial charge on any atom is -0.356 e. The van der Waals surface area contributed by atoms with E-state index in [4.69, 9.17) is 0 Å². The van der Waals surface area contributed by atoms with Crippen molar-refractivity contribution in [3.8, 4) is 0 Å². The fourth-order valence-electron chi connectivity index (χ4n) is 3.76. The topological polar surface area (TPSA) is 124 Å². The molecular weight excluding hydrogens is 388 g/mol. The van der Waals surface area contributed by atoms with Crippen LogP contribution >= 0.6 is 0 Å². The molecule has 0 atom stereocenters. The molecular formula is C20H24N6O4. The van der Waals surface area contributed by atoms with Crippen molar-refractivity contribution in [2.45, 2.75) is 51.7 Å². The molecule has 2 N–H and O–H groups in total. The van der Waals surface area contributed by atoms with Crippen LogP contribution in [0.15, 0.2) is 38.6 Å². The van der Waals surface area contributed by atoms with E-state index in [0.717, 1.165) is 31.6 Å². The Morgan fingerprint density at radius 2 is 1.90 bits per heavy atom. The van der Waals surface area contributed by atoms with Crippen molar-refractivity contribution in [1.82, 2.24) is 29.4 Å². The van der Waals surface area contributed by atoms with Crippen molar-refractivity contribution >= 4 is 16.7 Å². The molecule has 0 radical (unpaired) electrons. The second-order valence-corrected chi connectivity index (χ2v) is 7.43. The van der Waals surface area contributed by atoms with Crippen molar-refractivity contribution in [2.24, 2.45) is 0 Å². The Kier molecular flexibility index (Phi) is 5.64. The maximum absolute atomic E-state index is 12.4. The van der Waals surface area contributed by atoms with Gasteiger partial charge in [-0.15, -0.1) is 0 Å². The summed E-state index contributed by atoms with van der Waals surface area (Å²) >= 11 is 0. The minimum absolute atomic E-state index is 0.0624. The van der Waals surface area contributed by atoms with E-state index in [-0.39, 0.29) is 35.7 Å². The molecule has 0 saturated heterocycles. The molecule has 10 heteroatoms. The van der Waals surface area contributed by atoms with Gasteiger partial charge in [0, 0.05) is 32.5 Å². The van der Waals surface area contributed by atoms with Crippen molar-refractivity contribution in [3.63, 3.8) is 0 Å². The molecule has 0 aliphatic carbocycles. The van der Waals surface area contributed by atoms with E-state index < -0.39 is 0 Å². The van der Waals surface area contributed by atoms with Crippen molar-refractivity contribution in [2.75, 3.05) is 6.54 Å². The number of rotatable bonds is 7. The highest BCUT2D eigenvalue weighted by atomic mass is 16.2. The Bertz CT molecular complexity index is 1250. The molecule has 1 aliphatic heterocycles. The lowest BCUT2D eigenvalue weighted by atomic mass is 10.2. The highest BCUT2D eigenvalue weighted by Gasteiger charge is 2.16. The van der Waals surface area contributed by atoms with Gasteiger partial charge in [0.1, 0.15) is 5.82 Å². The Morgan fingerprint density at radius 3 is 2.70 bits per heavy atom. The number of hydrogen-bond acceptors (Lipinski definition) is 5. The SMILES string of the molecule is O=C(CCn1[nH]c(=O)c2ccccc2c1=O)NCCCn1nc2n(c1=O)CCCC2. The summed E-state index contributed by atoms with van der Waals surface area (Å²) in [7, 11) is 0. The van der Waals surface area contributed by atoms with Crippen LogP contribution in [0.25, 0.3) is 10.8 Å². The molecule has 1 aromatic carbocycles. The predicted octanol–water partition coefficient (Wildman–Crippen LogP) is -0.0191. The number of nitrogens with one attached hydrogen (secondary N) is 2. The van der Waals surface area contributed by atoms with Crippen molar-refractivity contribution < 1.29 is 4.79 Å². The first-order valence-corrected chi connectivity index (χ1v) is 10.2. The largest absolute Gasteiger partial charge is 0.356 e. The van der Waals surface area contributed by atoms with Crippen LogP contribution in [-0.4, -0.2) is 36.6 Å². The molecule has 10 nitrogen and oxygen atoms in total. The third-order valence-electron chi connectivity index (χ3n) is 5.35. The maximum Gasteiger partial charge on any atom is 0.345 e. The van der Waals surface area contributed by atoms with E-state index in [1.165, 1.54) is 9.36 Å². The number of H-pyrrole nitrogens is 1. The molecule has 0 fully saturated rings. The molecule has 3 heterocycles. The molecule has 3 aromatic rings. The number of benzene rings is 1. The zero-order chi connectivity index (χ0) is 21.1. The molecule has 0 unspecified atom stereocenters. The smallest absolute Gasteiger partial charge is 0.345 e. The fraction of sp³-hybridized carbons (Fsp3) is 0.450. The average molecular weight is 412 g/mol. The van der Waals surface area contributed by atoms with Gasteiger partial charge in [-0.1, -0.05) is 12.1 Å². The molecule has 4 rings (SSSR count). The van der Waals surface area contributed by atoms with Gasteiger partial charge in [0.2, 0.25) is 5.91 Å². The summed E-state index contributed by atoms with van der Waals surface area (Å²) in [6.07, 6.45) is 3.52. The zero-order valence-electron chi connectivity index (χ0n) is 16.6. The van der Waals surface area contributed by atoms with Crippen LogP contribution in [-0.2, 0) is 30.8 Å². The van der Waals surface area contributed by atoms with Crippen molar-refractivity contribution in [3.05, 3.63) is 61.3 Å². The first-order chi connectivity index (χ1) is 14.5. The van der Waals surface area contributed by atoms with Crippen LogP contribution < -0.4 is 22.1 Å². The molecule has 1 aliphatic rings. The Balaban J connectivity index is 1.28. The van der Waals surface area contributed by atoms with Crippen LogP contribution in [0, 0.1) is 0 Å². The summed E-state index contributed by atoms with van der Waals surface area (Å²) in [6, 6.07) is 6.58. The number of nitrogens with zero attached hydrogens (tertiary/aromatic N) is 4. The first-order valence-electron chi connectivity index (χ1n) is 10.2. The Labute approximate surface area is 171 Å². The minimum atomic E-state index is -0.362. The van der Waals surface area contributed by atoms with Gasteiger partial charge in [-0.05, 0) is 31.4 Å². The van der Waals surface area contributed by atoms with E-state index in [0.29, 0.717) is 30.3 Å². The summed E-state index contributed by atoms with van der Waals surface area (Å²) in [4.78, 5) is 48.9. The third kappa shape index (κ3) is 3.98. The van der Waals surface area contributed by atoms with E-state index in [1.807, 2.05) is 0 Å². The third-order valence-corrected chi connectivity index (χ3v) is 5.35. The molecule has 0 saturated carbocycles. The number of fused-ring (bicyclic) bond motifs is 2. The highest BCUT2D eigenvalue weighted by molar-refractivity contribution is 5.80. The summed E-state index contributed by atoms with van der Waals surface area (Å²) in [5, 5.41) is 10.3. The van der Waals surface area contributed by atoms with Gasteiger partial charge in [0.05, 0.1) is 17.3 Å². The van der Waals surface area contributed by atoms with Crippen LogP contribution in [0.2, 0.25) is 0 Å². The Morgan fingerprint density at radius 1 is 1.10 bits per heavy atom. The van der Waals surface area contributed by atoms with Crippen LogP contribution in [0.4, 0.5) is 0 Å². The lowest BCUT2D eigenvalue weighted by molar-refractivity contribution is -0.121. The summed E-state index contributed by atoms with van der Waals surface area (Å²) in [5.41, 5.74) is -0.782. The average Bonchev–Trinajstić information content (AvgIpc) is 3.08. The molecule has 2 aromatic heterocycles. The highest BCUT2D eigenvalue weighted by Crippen LogP contribution is 2.09. The van der Waals surface area contributed by atoms with Crippen molar-refractivity contribution in [1.29, 1.82) is 0 Å². The second-order valence-electron chi connectivity index (χ2n) is 7.43. The summed E-state index contributed by atoms with van der Waals surface area (Å²) in [5.74, 6) is 0.609. The fourth-order valence-corrected chi connectivity index (χ4v) is 3.76. The van der Waals surface area contributed by atoms with Gasteiger partial charge in [-0.25, -0.2) is 14.2 Å². The number of aromatic nitrogens is 5. The maximum atomic E-state index is 12.4. The van der Waals surface area contributed by atoms with Gasteiger partial charge in [-0.3, -0.25) is 24.0 Å².